The summed E-state index contributed by atoms with van der Waals surface area (Å²) in [6.45, 7) is 3.27. The van der Waals surface area contributed by atoms with Crippen LogP contribution in [0.2, 0.25) is 10.0 Å². The van der Waals surface area contributed by atoms with Crippen LogP contribution in [0.3, 0.4) is 0 Å². The first-order valence-electron chi connectivity index (χ1n) is 6.29. The molecule has 2 atom stereocenters. The number of amides is 3. The van der Waals surface area contributed by atoms with Crippen molar-refractivity contribution in [2.24, 2.45) is 5.92 Å². The third kappa shape index (κ3) is 2.69. The van der Waals surface area contributed by atoms with Crippen LogP contribution < -0.4 is 5.32 Å². The van der Waals surface area contributed by atoms with Crippen LogP contribution in [0.1, 0.15) is 19.4 Å². The molecule has 0 radical (unpaired) electrons. The zero-order valence-electron chi connectivity index (χ0n) is 11.5. The molecule has 5 nitrogen and oxygen atoms in total. The van der Waals surface area contributed by atoms with E-state index in [0.29, 0.717) is 15.6 Å². The second-order valence-electron chi connectivity index (χ2n) is 5.13. The summed E-state index contributed by atoms with van der Waals surface area (Å²) >= 11 is 12.0. The van der Waals surface area contributed by atoms with Gasteiger partial charge in [0.05, 0.1) is 12.0 Å². The van der Waals surface area contributed by atoms with Crippen molar-refractivity contribution in [2.75, 3.05) is 6.54 Å². The summed E-state index contributed by atoms with van der Waals surface area (Å²) in [4.78, 5) is 25.6. The maximum absolute atomic E-state index is 12.6. The van der Waals surface area contributed by atoms with Gasteiger partial charge in [-0.1, -0.05) is 29.3 Å². The Morgan fingerprint density at radius 3 is 2.67 bits per heavy atom. The number of nitrogens with one attached hydrogen (secondary N) is 1. The highest BCUT2D eigenvalue weighted by Crippen LogP contribution is 2.35. The number of imide groups is 1. The van der Waals surface area contributed by atoms with Crippen molar-refractivity contribution in [3.05, 3.63) is 33.8 Å². The molecule has 1 heterocycles. The molecule has 3 amide bonds. The molecule has 1 aliphatic heterocycles. The molecule has 0 aliphatic carbocycles. The van der Waals surface area contributed by atoms with Gasteiger partial charge in [0.15, 0.2) is 0 Å². The number of urea groups is 1. The summed E-state index contributed by atoms with van der Waals surface area (Å²) in [7, 11) is 0. The average Bonchev–Trinajstić information content (AvgIpc) is 2.62. The summed E-state index contributed by atoms with van der Waals surface area (Å²) in [5.74, 6) is -0.874. The lowest BCUT2D eigenvalue weighted by Crippen LogP contribution is -2.41. The zero-order valence-corrected chi connectivity index (χ0v) is 13.0. The molecule has 1 fully saturated rings. The number of carbonyl (C=O) groups excluding carboxylic acids is 2. The number of nitriles is 1. The van der Waals surface area contributed by atoms with E-state index in [4.69, 9.17) is 28.5 Å². The van der Waals surface area contributed by atoms with Crippen LogP contribution in [-0.4, -0.2) is 23.4 Å². The Balaban J connectivity index is 2.38. The first kappa shape index (κ1) is 15.6. The minimum atomic E-state index is -1.26. The van der Waals surface area contributed by atoms with Gasteiger partial charge in [0.25, 0.3) is 5.91 Å². The highest BCUT2D eigenvalue weighted by Gasteiger charge is 2.50. The van der Waals surface area contributed by atoms with E-state index in [2.05, 4.69) is 5.32 Å². The van der Waals surface area contributed by atoms with Gasteiger partial charge in [-0.3, -0.25) is 9.69 Å². The lowest BCUT2D eigenvalue weighted by Gasteiger charge is -2.23. The number of hydrogen-bond donors (Lipinski definition) is 1. The zero-order chi connectivity index (χ0) is 15.8. The van der Waals surface area contributed by atoms with E-state index in [1.807, 2.05) is 6.07 Å². The minimum Gasteiger partial charge on any atom is -0.319 e. The molecule has 21 heavy (non-hydrogen) atoms. The first-order valence-corrected chi connectivity index (χ1v) is 7.04. The fourth-order valence-electron chi connectivity index (χ4n) is 2.25. The summed E-state index contributed by atoms with van der Waals surface area (Å²) in [6, 6.07) is 6.20. The van der Waals surface area contributed by atoms with Gasteiger partial charge in [-0.05, 0) is 26.0 Å². The Bertz CT molecular complexity index is 656. The highest BCUT2D eigenvalue weighted by atomic mass is 35.5. The third-order valence-electron chi connectivity index (χ3n) is 3.42. The summed E-state index contributed by atoms with van der Waals surface area (Å²) < 4.78 is 0. The molecule has 0 aromatic heterocycles. The van der Waals surface area contributed by atoms with Crippen molar-refractivity contribution in [1.82, 2.24) is 10.2 Å². The van der Waals surface area contributed by atoms with E-state index in [9.17, 15) is 9.59 Å². The number of carbonyl (C=O) groups is 2. The molecule has 1 aromatic carbocycles. The quantitative estimate of drug-likeness (QED) is 0.868. The Labute approximate surface area is 132 Å². The third-order valence-corrected chi connectivity index (χ3v) is 3.97. The molecule has 1 aromatic rings. The second kappa shape index (κ2) is 5.55. The molecule has 0 saturated carbocycles. The molecular weight excluding hydrogens is 313 g/mol. The van der Waals surface area contributed by atoms with Gasteiger partial charge >= 0.3 is 6.03 Å². The monoisotopic (exact) mass is 325 g/mol. The van der Waals surface area contributed by atoms with Crippen molar-refractivity contribution in [3.63, 3.8) is 0 Å². The standard InChI is InChI=1S/C14H13Cl2N3O2/c1-8(6-17)7-19-12(20)14(2,18-13(19)21)10-4-3-9(15)5-11(10)16/h3-5,8H,7H2,1-2H3,(H,18,21)/t8-,14-/m1/s1. The molecule has 1 N–H and O–H groups in total. The number of benzene rings is 1. The van der Waals surface area contributed by atoms with Gasteiger partial charge < -0.3 is 5.32 Å². The average molecular weight is 326 g/mol. The number of hydrogen-bond acceptors (Lipinski definition) is 3. The van der Waals surface area contributed by atoms with Crippen molar-refractivity contribution >= 4 is 35.1 Å². The fourth-order valence-corrected chi connectivity index (χ4v) is 2.85. The van der Waals surface area contributed by atoms with E-state index in [1.54, 1.807) is 26.0 Å². The topological polar surface area (TPSA) is 73.2 Å². The van der Waals surface area contributed by atoms with Crippen LogP contribution in [0.25, 0.3) is 0 Å². The molecular formula is C14H13Cl2N3O2. The van der Waals surface area contributed by atoms with Gasteiger partial charge in [0.1, 0.15) is 5.54 Å². The van der Waals surface area contributed by atoms with Crippen molar-refractivity contribution in [1.29, 1.82) is 5.26 Å². The van der Waals surface area contributed by atoms with Crippen LogP contribution in [0.5, 0.6) is 0 Å². The Kier molecular flexibility index (Phi) is 4.13. The lowest BCUT2D eigenvalue weighted by molar-refractivity contribution is -0.131. The molecule has 0 bridgehead atoms. The molecule has 7 heteroatoms. The van der Waals surface area contributed by atoms with Gasteiger partial charge in [-0.2, -0.15) is 5.26 Å². The molecule has 0 spiro atoms. The van der Waals surface area contributed by atoms with E-state index in [-0.39, 0.29) is 6.54 Å². The maximum atomic E-state index is 12.6. The number of rotatable bonds is 3. The largest absolute Gasteiger partial charge is 0.325 e. The number of nitrogens with zero attached hydrogens (tertiary/aromatic N) is 2. The van der Waals surface area contributed by atoms with Crippen LogP contribution in [0, 0.1) is 17.2 Å². The van der Waals surface area contributed by atoms with E-state index >= 15 is 0 Å². The molecule has 0 unspecified atom stereocenters. The molecule has 2 rings (SSSR count). The second-order valence-corrected chi connectivity index (χ2v) is 5.97. The van der Waals surface area contributed by atoms with Gasteiger partial charge in [-0.15, -0.1) is 0 Å². The SMILES string of the molecule is C[C@H](C#N)CN1C(=O)N[C@](C)(c2ccc(Cl)cc2Cl)C1=O. The van der Waals surface area contributed by atoms with Gasteiger partial charge in [0, 0.05) is 22.2 Å². The summed E-state index contributed by atoms with van der Waals surface area (Å²) in [5.41, 5.74) is -0.785. The van der Waals surface area contributed by atoms with Crippen molar-refractivity contribution in [2.45, 2.75) is 19.4 Å². The van der Waals surface area contributed by atoms with Crippen molar-refractivity contribution in [3.8, 4) is 6.07 Å². The van der Waals surface area contributed by atoms with Gasteiger partial charge in [0.2, 0.25) is 0 Å². The fraction of sp³-hybridized carbons (Fsp3) is 0.357. The molecule has 1 aliphatic rings. The Hall–Kier alpha value is -1.77. The maximum Gasteiger partial charge on any atom is 0.325 e. The Morgan fingerprint density at radius 2 is 2.10 bits per heavy atom. The predicted octanol–water partition coefficient (Wildman–Crippen LogP) is 2.92. The van der Waals surface area contributed by atoms with Crippen LogP contribution in [0.15, 0.2) is 18.2 Å². The minimum absolute atomic E-state index is 0.0436. The molecule has 1 saturated heterocycles. The molecule has 110 valence electrons. The van der Waals surface area contributed by atoms with E-state index in [0.717, 1.165) is 4.90 Å². The Morgan fingerprint density at radius 1 is 1.43 bits per heavy atom. The highest BCUT2D eigenvalue weighted by molar-refractivity contribution is 6.35. The first-order chi connectivity index (χ1) is 9.79. The van der Waals surface area contributed by atoms with Crippen molar-refractivity contribution < 1.29 is 9.59 Å². The van der Waals surface area contributed by atoms with E-state index < -0.39 is 23.4 Å². The van der Waals surface area contributed by atoms with Gasteiger partial charge in [-0.25, -0.2) is 4.79 Å². The summed E-state index contributed by atoms with van der Waals surface area (Å²) in [5, 5.41) is 12.2. The van der Waals surface area contributed by atoms with Crippen LogP contribution in [0.4, 0.5) is 4.79 Å². The van der Waals surface area contributed by atoms with Crippen LogP contribution >= 0.6 is 23.2 Å². The predicted molar refractivity (Wildman–Crippen MR) is 78.8 cm³/mol. The lowest BCUT2D eigenvalue weighted by atomic mass is 9.92. The normalized spacial score (nSPS) is 22.9. The van der Waals surface area contributed by atoms with Crippen LogP contribution in [-0.2, 0) is 10.3 Å². The summed E-state index contributed by atoms with van der Waals surface area (Å²) in [6.07, 6.45) is 0. The number of halogens is 2. The van der Waals surface area contributed by atoms with E-state index in [1.165, 1.54) is 6.07 Å². The smallest absolute Gasteiger partial charge is 0.319 e.